The lowest BCUT2D eigenvalue weighted by Gasteiger charge is -2.05. The first-order chi connectivity index (χ1) is 8.59. The zero-order valence-corrected chi connectivity index (χ0v) is 12.4. The molecule has 0 aromatic heterocycles. The van der Waals surface area contributed by atoms with Gasteiger partial charge in [-0.05, 0) is 13.3 Å². The molecule has 0 heterocycles. The fourth-order valence-electron chi connectivity index (χ4n) is 1.62. The number of esters is 1. The van der Waals surface area contributed by atoms with E-state index in [4.69, 9.17) is 4.74 Å². The van der Waals surface area contributed by atoms with Gasteiger partial charge in [0, 0.05) is 0 Å². The largest absolute Gasteiger partial charge is 0.465 e. The van der Waals surface area contributed by atoms with Crippen LogP contribution in [0.25, 0.3) is 0 Å². The highest BCUT2D eigenvalue weighted by Crippen LogP contribution is 2.15. The van der Waals surface area contributed by atoms with Crippen LogP contribution in [0.5, 0.6) is 0 Å². The number of carbonyl (C=O) groups excluding carboxylic acids is 1. The molecule has 0 rings (SSSR count). The Morgan fingerprint density at radius 1 is 1.00 bits per heavy atom. The van der Waals surface area contributed by atoms with Crippen LogP contribution in [0.4, 0.5) is 0 Å². The van der Waals surface area contributed by atoms with E-state index in [2.05, 4.69) is 6.92 Å². The number of rotatable bonds is 11. The normalized spacial score (nSPS) is 12.1. The van der Waals surface area contributed by atoms with Gasteiger partial charge in [-0.3, -0.25) is 4.79 Å². The molecule has 0 N–H and O–H groups in total. The highest BCUT2D eigenvalue weighted by Gasteiger charge is 2.19. The lowest BCUT2D eigenvalue weighted by molar-refractivity contribution is -0.142. The molecule has 0 aromatic carbocycles. The fourth-order valence-corrected chi connectivity index (χ4v) is 1.86. The minimum absolute atomic E-state index is 0.335. The van der Waals surface area contributed by atoms with Crippen LogP contribution in [0.1, 0.15) is 65.2 Å². The van der Waals surface area contributed by atoms with Crippen LogP contribution in [-0.2, 0) is 18.7 Å². The highest BCUT2D eigenvalue weighted by molar-refractivity contribution is 7.33. The van der Waals surface area contributed by atoms with Crippen molar-refractivity contribution in [1.82, 2.24) is 0 Å². The fraction of sp³-hybridized carbons (Fsp3) is 0.923. The van der Waals surface area contributed by atoms with Crippen LogP contribution < -0.4 is 0 Å². The zero-order valence-electron chi connectivity index (χ0n) is 11.5. The third-order valence-corrected chi connectivity index (χ3v) is 3.74. The Morgan fingerprint density at radius 3 is 2.00 bits per heavy atom. The Morgan fingerprint density at radius 2 is 1.50 bits per heavy atom. The first-order valence-corrected chi connectivity index (χ1v) is 8.14. The quantitative estimate of drug-likeness (QED) is 0.322. The molecule has 1 unspecified atom stereocenters. The molecule has 0 spiro atoms. The lowest BCUT2D eigenvalue weighted by atomic mass is 10.1. The minimum atomic E-state index is -2.71. The second kappa shape index (κ2) is 11.5. The number of ether oxygens (including phenoxy) is 1. The molecule has 0 aliphatic heterocycles. The molecule has 0 fully saturated rings. The van der Waals surface area contributed by atoms with Crippen LogP contribution in [0.2, 0.25) is 0 Å². The van der Waals surface area contributed by atoms with Crippen LogP contribution in [0.15, 0.2) is 0 Å². The van der Waals surface area contributed by atoms with Gasteiger partial charge in [0.25, 0.3) is 0 Å². The summed E-state index contributed by atoms with van der Waals surface area (Å²) in [6, 6.07) is 0. The summed E-state index contributed by atoms with van der Waals surface area (Å²) in [5.41, 5.74) is -1.02. The summed E-state index contributed by atoms with van der Waals surface area (Å²) < 4.78 is 26.0. The summed E-state index contributed by atoms with van der Waals surface area (Å²) >= 11 is 0. The molecular formula is C13H25O4P. The Balaban J connectivity index is 3.33. The average Bonchev–Trinajstić information content (AvgIpc) is 2.35. The smallest absolute Gasteiger partial charge is 0.329 e. The molecule has 4 nitrogen and oxygen atoms in total. The highest BCUT2D eigenvalue weighted by atomic mass is 31.1. The number of unbranched alkanes of at least 4 members (excludes halogenated alkanes) is 7. The van der Waals surface area contributed by atoms with Crippen molar-refractivity contribution in [2.75, 3.05) is 6.61 Å². The van der Waals surface area contributed by atoms with E-state index in [0.717, 1.165) is 19.3 Å². The van der Waals surface area contributed by atoms with E-state index in [1.54, 1.807) is 0 Å². The summed E-state index contributed by atoms with van der Waals surface area (Å²) in [7, 11) is -2.71. The van der Waals surface area contributed by atoms with Crippen LogP contribution in [0.3, 0.4) is 0 Å². The molecule has 106 valence electrons. The van der Waals surface area contributed by atoms with E-state index in [-0.39, 0.29) is 0 Å². The summed E-state index contributed by atoms with van der Waals surface area (Å²) in [5, 5.41) is 0. The Bertz CT molecular complexity index is 279. The molecular weight excluding hydrogens is 251 g/mol. The second-order valence-corrected chi connectivity index (χ2v) is 5.95. The Kier molecular flexibility index (Phi) is 11.1. The molecule has 0 radical (unpaired) electrons. The molecule has 0 bridgehead atoms. The topological polar surface area (TPSA) is 60.4 Å². The van der Waals surface area contributed by atoms with Crippen molar-refractivity contribution in [2.45, 2.75) is 70.9 Å². The summed E-state index contributed by atoms with van der Waals surface area (Å²) in [6.07, 6.45) is 9.41. The van der Waals surface area contributed by atoms with Gasteiger partial charge in [-0.25, -0.2) is 9.13 Å². The minimum Gasteiger partial charge on any atom is -0.465 e. The summed E-state index contributed by atoms with van der Waals surface area (Å²) in [5.74, 6) is -0.631. The van der Waals surface area contributed by atoms with E-state index in [0.29, 0.717) is 6.61 Å². The van der Waals surface area contributed by atoms with Crippen molar-refractivity contribution < 1.29 is 18.7 Å². The van der Waals surface area contributed by atoms with Gasteiger partial charge in [0.15, 0.2) is 5.66 Å². The van der Waals surface area contributed by atoms with Crippen molar-refractivity contribution in [1.29, 1.82) is 0 Å². The predicted octanol–water partition coefficient (Wildman–Crippen LogP) is 4.23. The van der Waals surface area contributed by atoms with Gasteiger partial charge in [-0.15, -0.1) is 0 Å². The van der Waals surface area contributed by atoms with E-state index >= 15 is 0 Å². The molecule has 1 atom stereocenters. The van der Waals surface area contributed by atoms with Crippen LogP contribution in [-0.4, -0.2) is 18.2 Å². The molecule has 5 heteroatoms. The van der Waals surface area contributed by atoms with Crippen molar-refractivity contribution in [3.05, 3.63) is 0 Å². The van der Waals surface area contributed by atoms with E-state index in [9.17, 15) is 13.9 Å². The van der Waals surface area contributed by atoms with Crippen LogP contribution in [0, 0.1) is 0 Å². The third-order valence-electron chi connectivity index (χ3n) is 2.90. The van der Waals surface area contributed by atoms with Crippen molar-refractivity contribution >= 4 is 13.6 Å². The molecule has 18 heavy (non-hydrogen) atoms. The first kappa shape index (κ1) is 17.4. The van der Waals surface area contributed by atoms with Gasteiger partial charge < -0.3 is 4.74 Å². The van der Waals surface area contributed by atoms with Crippen molar-refractivity contribution in [2.24, 2.45) is 0 Å². The van der Waals surface area contributed by atoms with Crippen molar-refractivity contribution in [3.8, 4) is 0 Å². The van der Waals surface area contributed by atoms with Crippen LogP contribution >= 0.6 is 7.68 Å². The third kappa shape index (κ3) is 9.41. The van der Waals surface area contributed by atoms with Gasteiger partial charge in [0.2, 0.25) is 0 Å². The lowest BCUT2D eigenvalue weighted by Crippen LogP contribution is -2.16. The molecule has 0 aromatic rings. The Labute approximate surface area is 110 Å². The van der Waals surface area contributed by atoms with E-state index in [1.807, 2.05) is 0 Å². The van der Waals surface area contributed by atoms with Gasteiger partial charge >= 0.3 is 13.6 Å². The molecule has 0 aliphatic rings. The monoisotopic (exact) mass is 276 g/mol. The average molecular weight is 276 g/mol. The first-order valence-electron chi connectivity index (χ1n) is 6.89. The molecule has 0 saturated heterocycles. The predicted molar refractivity (Wildman–Crippen MR) is 71.3 cm³/mol. The number of hydrogen-bond acceptors (Lipinski definition) is 4. The zero-order chi connectivity index (χ0) is 13.8. The SMILES string of the molecule is CCCCCCCCCCOC(=O)C(C)P(=O)=O. The van der Waals surface area contributed by atoms with Gasteiger partial charge in [-0.2, -0.15) is 0 Å². The maximum absolute atomic E-state index is 11.2. The molecule has 0 saturated carbocycles. The maximum Gasteiger partial charge on any atom is 0.329 e. The summed E-state index contributed by atoms with van der Waals surface area (Å²) in [4.78, 5) is 11.2. The standard InChI is InChI=1S/C13H25O4P/c1-3-4-5-6-7-8-9-10-11-17-13(14)12(2)18(15)16/h12H,3-11H2,1-2H3. The maximum atomic E-state index is 11.2. The summed E-state index contributed by atoms with van der Waals surface area (Å²) in [6.45, 7) is 3.88. The van der Waals surface area contributed by atoms with E-state index in [1.165, 1.54) is 39.0 Å². The van der Waals surface area contributed by atoms with Gasteiger partial charge in [0.1, 0.15) is 0 Å². The van der Waals surface area contributed by atoms with Gasteiger partial charge in [-0.1, -0.05) is 51.9 Å². The molecule has 0 aliphatic carbocycles. The number of carbonyl (C=O) groups is 1. The van der Waals surface area contributed by atoms with Gasteiger partial charge in [0.05, 0.1) is 6.61 Å². The number of hydrogen-bond donors (Lipinski definition) is 0. The van der Waals surface area contributed by atoms with E-state index < -0.39 is 19.3 Å². The Hall–Kier alpha value is -0.630. The molecule has 0 amide bonds. The van der Waals surface area contributed by atoms with Crippen molar-refractivity contribution in [3.63, 3.8) is 0 Å². The second-order valence-electron chi connectivity index (χ2n) is 4.60.